The third-order valence-corrected chi connectivity index (χ3v) is 3.63. The second kappa shape index (κ2) is 5.69. The van der Waals surface area contributed by atoms with Gasteiger partial charge in [0.25, 0.3) is 0 Å². The molecule has 0 radical (unpaired) electrons. The molecule has 2 aromatic rings. The van der Waals surface area contributed by atoms with E-state index in [1.54, 1.807) is 12.5 Å². The van der Waals surface area contributed by atoms with Gasteiger partial charge in [0, 0.05) is 26.2 Å². The van der Waals surface area contributed by atoms with Crippen LogP contribution in [0.5, 0.6) is 0 Å². The van der Waals surface area contributed by atoms with Gasteiger partial charge in [0.2, 0.25) is 0 Å². The van der Waals surface area contributed by atoms with Gasteiger partial charge in [-0.25, -0.2) is 19.0 Å². The third kappa shape index (κ3) is 2.69. The Morgan fingerprint density at radius 1 is 1.24 bits per heavy atom. The number of pyridine rings is 1. The smallest absolute Gasteiger partial charge is 0.350 e. The van der Waals surface area contributed by atoms with Crippen molar-refractivity contribution in [3.8, 4) is 5.69 Å². The Kier molecular flexibility index (Phi) is 3.74. The van der Waals surface area contributed by atoms with Crippen molar-refractivity contribution in [2.45, 2.75) is 19.9 Å². The number of piperazine rings is 1. The minimum atomic E-state index is -0.137. The van der Waals surface area contributed by atoms with E-state index >= 15 is 0 Å². The fourth-order valence-electron chi connectivity index (χ4n) is 2.45. The maximum atomic E-state index is 12.2. The summed E-state index contributed by atoms with van der Waals surface area (Å²) in [5.41, 5.74) is 0.604. The summed E-state index contributed by atoms with van der Waals surface area (Å²) >= 11 is 0. The second-order valence-electron chi connectivity index (χ2n) is 5.43. The van der Waals surface area contributed by atoms with E-state index in [0.717, 1.165) is 37.7 Å². The molecule has 21 heavy (non-hydrogen) atoms. The molecule has 0 aromatic carbocycles. The fourth-order valence-corrected chi connectivity index (χ4v) is 2.45. The number of hydrogen-bond acceptors (Lipinski definition) is 5. The molecule has 1 saturated heterocycles. The van der Waals surface area contributed by atoms with E-state index < -0.39 is 0 Å². The van der Waals surface area contributed by atoms with Gasteiger partial charge in [0.05, 0.1) is 17.9 Å². The summed E-state index contributed by atoms with van der Waals surface area (Å²) in [6.45, 7) is 7.73. The average molecular weight is 288 g/mol. The van der Waals surface area contributed by atoms with Crippen LogP contribution in [0.4, 0.5) is 5.82 Å². The first-order valence-electron chi connectivity index (χ1n) is 7.25. The van der Waals surface area contributed by atoms with Gasteiger partial charge in [-0.3, -0.25) is 0 Å². The lowest BCUT2D eigenvalue weighted by atomic mass is 10.3. The predicted molar refractivity (Wildman–Crippen MR) is 81.1 cm³/mol. The number of aromatic nitrogens is 4. The summed E-state index contributed by atoms with van der Waals surface area (Å²) in [4.78, 5) is 18.9. The van der Waals surface area contributed by atoms with E-state index in [1.165, 1.54) is 9.25 Å². The van der Waals surface area contributed by atoms with Crippen LogP contribution in [0.1, 0.15) is 19.9 Å². The first kappa shape index (κ1) is 13.8. The summed E-state index contributed by atoms with van der Waals surface area (Å²) in [6, 6.07) is 3.92. The standard InChI is InChI=1S/C14H20N6O/c1-11(2)20-14(21)19(10-17-20)12-3-4-13(16-9-12)18-7-5-15-6-8-18/h3-4,9-11,15H,5-8H2,1-2H3. The zero-order valence-electron chi connectivity index (χ0n) is 12.4. The molecule has 1 aliphatic rings. The molecule has 3 rings (SSSR count). The van der Waals surface area contributed by atoms with E-state index in [4.69, 9.17) is 0 Å². The molecule has 0 amide bonds. The topological polar surface area (TPSA) is 68.0 Å². The average Bonchev–Trinajstić information content (AvgIpc) is 2.90. The van der Waals surface area contributed by atoms with Crippen LogP contribution < -0.4 is 15.9 Å². The largest absolute Gasteiger partial charge is 0.354 e. The van der Waals surface area contributed by atoms with Crippen LogP contribution in [0.25, 0.3) is 5.69 Å². The van der Waals surface area contributed by atoms with Gasteiger partial charge in [-0.05, 0) is 26.0 Å². The predicted octanol–water partition coefficient (Wildman–Crippen LogP) is 0.419. The fraction of sp³-hybridized carbons (Fsp3) is 0.500. The summed E-state index contributed by atoms with van der Waals surface area (Å²) in [6.07, 6.45) is 3.27. The van der Waals surface area contributed by atoms with Crippen LogP contribution in [0, 0.1) is 0 Å². The molecule has 0 saturated carbocycles. The highest BCUT2D eigenvalue weighted by molar-refractivity contribution is 5.43. The molecule has 0 aliphatic carbocycles. The molecular formula is C14H20N6O. The number of hydrogen-bond donors (Lipinski definition) is 1. The molecule has 7 heteroatoms. The van der Waals surface area contributed by atoms with E-state index in [-0.39, 0.29) is 11.7 Å². The summed E-state index contributed by atoms with van der Waals surface area (Å²) < 4.78 is 2.98. The maximum absolute atomic E-state index is 12.2. The first-order chi connectivity index (χ1) is 10.2. The van der Waals surface area contributed by atoms with E-state index in [2.05, 4.69) is 20.3 Å². The van der Waals surface area contributed by atoms with Crippen LogP contribution in [-0.4, -0.2) is 45.5 Å². The van der Waals surface area contributed by atoms with Gasteiger partial charge in [0.15, 0.2) is 0 Å². The third-order valence-electron chi connectivity index (χ3n) is 3.63. The number of nitrogens with one attached hydrogen (secondary N) is 1. The second-order valence-corrected chi connectivity index (χ2v) is 5.43. The van der Waals surface area contributed by atoms with Gasteiger partial charge >= 0.3 is 5.69 Å². The van der Waals surface area contributed by atoms with Crippen molar-refractivity contribution in [2.24, 2.45) is 0 Å². The minimum Gasteiger partial charge on any atom is -0.354 e. The zero-order valence-corrected chi connectivity index (χ0v) is 12.4. The molecule has 0 spiro atoms. The van der Waals surface area contributed by atoms with Gasteiger partial charge < -0.3 is 10.2 Å². The van der Waals surface area contributed by atoms with Crippen LogP contribution >= 0.6 is 0 Å². The molecule has 112 valence electrons. The number of rotatable bonds is 3. The molecule has 1 aliphatic heterocycles. The molecule has 1 N–H and O–H groups in total. The van der Waals surface area contributed by atoms with Crippen molar-refractivity contribution >= 4 is 5.82 Å². The first-order valence-corrected chi connectivity index (χ1v) is 7.25. The van der Waals surface area contributed by atoms with Crippen LogP contribution in [-0.2, 0) is 0 Å². The Balaban J connectivity index is 1.85. The van der Waals surface area contributed by atoms with Crippen LogP contribution in [0.15, 0.2) is 29.5 Å². The molecule has 7 nitrogen and oxygen atoms in total. The lowest BCUT2D eigenvalue weighted by molar-refractivity contribution is 0.511. The van der Waals surface area contributed by atoms with E-state index in [9.17, 15) is 4.79 Å². The number of nitrogens with zero attached hydrogens (tertiary/aromatic N) is 5. The van der Waals surface area contributed by atoms with Crippen molar-refractivity contribution < 1.29 is 0 Å². The summed E-state index contributed by atoms with van der Waals surface area (Å²) in [5.74, 6) is 0.949. The van der Waals surface area contributed by atoms with E-state index in [1.807, 2.05) is 26.0 Å². The highest BCUT2D eigenvalue weighted by Gasteiger charge is 2.13. The Labute approximate surface area is 123 Å². The van der Waals surface area contributed by atoms with Crippen molar-refractivity contribution in [3.63, 3.8) is 0 Å². The quantitative estimate of drug-likeness (QED) is 0.886. The molecule has 0 bridgehead atoms. The van der Waals surface area contributed by atoms with Crippen molar-refractivity contribution in [1.29, 1.82) is 0 Å². The molecule has 2 aromatic heterocycles. The minimum absolute atomic E-state index is 0.0480. The monoisotopic (exact) mass is 288 g/mol. The van der Waals surface area contributed by atoms with Crippen molar-refractivity contribution in [3.05, 3.63) is 35.1 Å². The normalized spacial score (nSPS) is 15.7. The Hall–Kier alpha value is -2.15. The summed E-state index contributed by atoms with van der Waals surface area (Å²) in [7, 11) is 0. The number of anilines is 1. The van der Waals surface area contributed by atoms with Crippen LogP contribution in [0.2, 0.25) is 0 Å². The molecule has 1 fully saturated rings. The van der Waals surface area contributed by atoms with Gasteiger partial charge in [-0.15, -0.1) is 0 Å². The van der Waals surface area contributed by atoms with Crippen LogP contribution in [0.3, 0.4) is 0 Å². The van der Waals surface area contributed by atoms with Gasteiger partial charge in [-0.2, -0.15) is 5.10 Å². The lowest BCUT2D eigenvalue weighted by Gasteiger charge is -2.28. The van der Waals surface area contributed by atoms with Crippen molar-refractivity contribution in [2.75, 3.05) is 31.1 Å². The lowest BCUT2D eigenvalue weighted by Crippen LogP contribution is -2.43. The zero-order chi connectivity index (χ0) is 14.8. The Morgan fingerprint density at radius 3 is 2.57 bits per heavy atom. The van der Waals surface area contributed by atoms with Crippen molar-refractivity contribution in [1.82, 2.24) is 24.6 Å². The highest BCUT2D eigenvalue weighted by Crippen LogP contribution is 2.13. The maximum Gasteiger partial charge on any atom is 0.350 e. The Morgan fingerprint density at radius 2 is 2.00 bits per heavy atom. The highest BCUT2D eigenvalue weighted by atomic mass is 16.2. The van der Waals surface area contributed by atoms with E-state index in [0.29, 0.717) is 0 Å². The SMILES string of the molecule is CC(C)n1ncn(-c2ccc(N3CCNCC3)nc2)c1=O. The molecule has 0 atom stereocenters. The Bertz CT molecular complexity index is 651. The molecule has 3 heterocycles. The molecule has 0 unspecified atom stereocenters. The van der Waals surface area contributed by atoms with Gasteiger partial charge in [-0.1, -0.05) is 0 Å². The summed E-state index contributed by atoms with van der Waals surface area (Å²) in [5, 5.41) is 7.44. The molecular weight excluding hydrogens is 268 g/mol. The van der Waals surface area contributed by atoms with Gasteiger partial charge in [0.1, 0.15) is 12.1 Å².